The van der Waals surface area contributed by atoms with Crippen LogP contribution in [-0.2, 0) is 25.5 Å². The van der Waals surface area contributed by atoms with Gasteiger partial charge in [-0.05, 0) is 93.0 Å². The van der Waals surface area contributed by atoms with Crippen molar-refractivity contribution in [2.24, 2.45) is 0 Å². The van der Waals surface area contributed by atoms with E-state index < -0.39 is 24.2 Å². The Bertz CT molecular complexity index is 1250. The molecule has 0 spiro atoms. The topological polar surface area (TPSA) is 118 Å². The van der Waals surface area contributed by atoms with Crippen LogP contribution in [0.15, 0.2) is 67.3 Å². The first-order chi connectivity index (χ1) is 21.3. The number of aliphatic hydroxyl groups is 1. The van der Waals surface area contributed by atoms with Gasteiger partial charge in [-0.15, -0.1) is 0 Å². The van der Waals surface area contributed by atoms with Gasteiger partial charge < -0.3 is 28.8 Å². The molecular weight excluding hydrogens is 564 g/mol. The van der Waals surface area contributed by atoms with Crippen molar-refractivity contribution in [1.29, 1.82) is 0 Å². The van der Waals surface area contributed by atoms with Crippen molar-refractivity contribution >= 4 is 17.9 Å². The molecule has 0 radical (unpaired) electrons. The van der Waals surface area contributed by atoms with Crippen LogP contribution < -0.4 is 14.2 Å². The number of hydrogen-bond acceptors (Lipinski definition) is 9. The summed E-state index contributed by atoms with van der Waals surface area (Å²) in [6.07, 6.45) is 9.45. The first kappa shape index (κ1) is 34.5. The molecule has 9 heteroatoms. The molecule has 1 atom stereocenters. The van der Waals surface area contributed by atoms with E-state index in [-0.39, 0.29) is 18.1 Å². The third kappa shape index (κ3) is 12.0. The highest BCUT2D eigenvalue weighted by Gasteiger charge is 2.20. The second-order valence-corrected chi connectivity index (χ2v) is 10.7. The molecule has 1 N–H and O–H groups in total. The summed E-state index contributed by atoms with van der Waals surface area (Å²) in [5.41, 5.74) is 1.38. The second kappa shape index (κ2) is 18.7. The Morgan fingerprint density at radius 2 is 1.61 bits per heavy atom. The predicted octanol–water partition coefficient (Wildman–Crippen LogP) is 6.66. The Balaban J connectivity index is 1.30. The minimum Gasteiger partial charge on any atom is -0.494 e. The molecule has 1 aliphatic carbocycles. The number of rotatable bonds is 18. The fourth-order valence-electron chi connectivity index (χ4n) is 4.78. The van der Waals surface area contributed by atoms with Gasteiger partial charge in [0.05, 0.1) is 24.9 Å². The summed E-state index contributed by atoms with van der Waals surface area (Å²) in [5, 5.41) is 10.1. The SMILES string of the molecule is C=CC(=O)Oc1ccc(C(=O)Oc2ccc(OCCCCCCOC(=O)C(=C)CC(O)OC3CCCCC3)cc2CC)cc1. The van der Waals surface area contributed by atoms with E-state index in [1.165, 1.54) is 30.7 Å². The highest BCUT2D eigenvalue weighted by atomic mass is 16.6. The predicted molar refractivity (Wildman–Crippen MR) is 166 cm³/mol. The van der Waals surface area contributed by atoms with E-state index >= 15 is 0 Å². The van der Waals surface area contributed by atoms with Crippen LogP contribution in [0, 0.1) is 0 Å². The Morgan fingerprint density at radius 3 is 2.30 bits per heavy atom. The average Bonchev–Trinajstić information content (AvgIpc) is 3.03. The number of aryl methyl sites for hydroxylation is 1. The quantitative estimate of drug-likeness (QED) is 0.0652. The maximum atomic E-state index is 12.6. The normalized spacial score (nSPS) is 13.9. The van der Waals surface area contributed by atoms with Crippen LogP contribution in [0.4, 0.5) is 0 Å². The van der Waals surface area contributed by atoms with Gasteiger partial charge in [-0.3, -0.25) is 0 Å². The molecule has 0 heterocycles. The van der Waals surface area contributed by atoms with E-state index in [1.54, 1.807) is 12.1 Å². The summed E-state index contributed by atoms with van der Waals surface area (Å²) in [7, 11) is 0. The molecule has 0 bridgehead atoms. The minimum atomic E-state index is -1.03. The molecular formula is C35H44O9. The number of unbranched alkanes of at least 4 members (excludes halogenated alkanes) is 3. The van der Waals surface area contributed by atoms with Crippen LogP contribution >= 0.6 is 0 Å². The zero-order chi connectivity index (χ0) is 31.7. The highest BCUT2D eigenvalue weighted by molar-refractivity contribution is 5.91. The van der Waals surface area contributed by atoms with E-state index in [0.717, 1.165) is 63.0 Å². The Morgan fingerprint density at radius 1 is 0.932 bits per heavy atom. The lowest BCUT2D eigenvalue weighted by molar-refractivity contribution is -0.150. The van der Waals surface area contributed by atoms with Gasteiger partial charge in [0.25, 0.3) is 0 Å². The highest BCUT2D eigenvalue weighted by Crippen LogP contribution is 2.27. The molecule has 2 aromatic rings. The minimum absolute atomic E-state index is 0.0545. The lowest BCUT2D eigenvalue weighted by atomic mass is 9.98. The van der Waals surface area contributed by atoms with Crippen LogP contribution in [0.1, 0.15) is 87.1 Å². The molecule has 3 rings (SSSR count). The van der Waals surface area contributed by atoms with Gasteiger partial charge in [0.15, 0.2) is 6.29 Å². The molecule has 9 nitrogen and oxygen atoms in total. The van der Waals surface area contributed by atoms with Crippen molar-refractivity contribution in [1.82, 2.24) is 0 Å². The van der Waals surface area contributed by atoms with Gasteiger partial charge in [-0.1, -0.05) is 39.3 Å². The summed E-state index contributed by atoms with van der Waals surface area (Å²) in [6, 6.07) is 11.4. The molecule has 1 fully saturated rings. The summed E-state index contributed by atoms with van der Waals surface area (Å²) in [4.78, 5) is 36.1. The van der Waals surface area contributed by atoms with Gasteiger partial charge >= 0.3 is 17.9 Å². The molecule has 0 saturated heterocycles. The average molecular weight is 609 g/mol. The zero-order valence-corrected chi connectivity index (χ0v) is 25.6. The Labute approximate surface area is 259 Å². The first-order valence-electron chi connectivity index (χ1n) is 15.4. The second-order valence-electron chi connectivity index (χ2n) is 10.7. The number of carbonyl (C=O) groups is 3. The van der Waals surface area contributed by atoms with Crippen molar-refractivity contribution in [2.75, 3.05) is 13.2 Å². The van der Waals surface area contributed by atoms with Crippen LogP contribution in [-0.4, -0.2) is 48.6 Å². The monoisotopic (exact) mass is 608 g/mol. The fourth-order valence-corrected chi connectivity index (χ4v) is 4.78. The summed E-state index contributed by atoms with van der Waals surface area (Å²) < 4.78 is 27.4. The van der Waals surface area contributed by atoms with Gasteiger partial charge in [-0.25, -0.2) is 14.4 Å². The van der Waals surface area contributed by atoms with Crippen molar-refractivity contribution in [2.45, 2.75) is 89.9 Å². The molecule has 1 aliphatic rings. The van der Waals surface area contributed by atoms with Gasteiger partial charge in [0, 0.05) is 18.1 Å². The maximum Gasteiger partial charge on any atom is 0.343 e. The lowest BCUT2D eigenvalue weighted by Gasteiger charge is -2.25. The zero-order valence-electron chi connectivity index (χ0n) is 25.6. The Kier molecular flexibility index (Phi) is 14.6. The number of esters is 3. The summed E-state index contributed by atoms with van der Waals surface area (Å²) in [6.45, 7) is 9.89. The summed E-state index contributed by atoms with van der Waals surface area (Å²) in [5.74, 6) is -0.145. The number of carbonyl (C=O) groups excluding carboxylic acids is 3. The Hall–Kier alpha value is -3.95. The lowest BCUT2D eigenvalue weighted by Crippen LogP contribution is -2.25. The largest absolute Gasteiger partial charge is 0.494 e. The number of aliphatic hydroxyl groups excluding tert-OH is 1. The van der Waals surface area contributed by atoms with E-state index in [2.05, 4.69) is 13.2 Å². The molecule has 0 amide bonds. The molecule has 2 aromatic carbocycles. The third-order valence-electron chi connectivity index (χ3n) is 7.24. The molecule has 0 aliphatic heterocycles. The number of ether oxygens (including phenoxy) is 5. The molecule has 238 valence electrons. The fraction of sp³-hybridized carbons (Fsp3) is 0.457. The third-order valence-corrected chi connectivity index (χ3v) is 7.24. The molecule has 1 saturated carbocycles. The standard InChI is InChI=1S/C35H44O9/c1-4-26-24-30(19-20-31(26)44-35(39)27-15-17-29(18-16-27)42-32(36)5-2)40-21-11-6-7-12-22-41-34(38)25(3)23-33(37)43-28-13-9-8-10-14-28/h5,15-20,24,28,33,37H,2-4,6-14,21-23H2,1H3. The van der Waals surface area contributed by atoms with Crippen molar-refractivity contribution in [3.05, 3.63) is 78.4 Å². The van der Waals surface area contributed by atoms with Crippen LogP contribution in [0.3, 0.4) is 0 Å². The van der Waals surface area contributed by atoms with Gasteiger partial charge in [0.1, 0.15) is 17.2 Å². The van der Waals surface area contributed by atoms with Gasteiger partial charge in [-0.2, -0.15) is 0 Å². The van der Waals surface area contributed by atoms with Crippen molar-refractivity contribution < 1.29 is 43.2 Å². The first-order valence-corrected chi connectivity index (χ1v) is 15.4. The van der Waals surface area contributed by atoms with E-state index in [0.29, 0.717) is 42.4 Å². The number of benzene rings is 2. The molecule has 1 unspecified atom stereocenters. The van der Waals surface area contributed by atoms with E-state index in [9.17, 15) is 19.5 Å². The van der Waals surface area contributed by atoms with Crippen LogP contribution in [0.5, 0.6) is 17.2 Å². The smallest absolute Gasteiger partial charge is 0.343 e. The maximum absolute atomic E-state index is 12.6. The van der Waals surface area contributed by atoms with Crippen LogP contribution in [0.25, 0.3) is 0 Å². The summed E-state index contributed by atoms with van der Waals surface area (Å²) >= 11 is 0. The van der Waals surface area contributed by atoms with Crippen molar-refractivity contribution in [3.63, 3.8) is 0 Å². The van der Waals surface area contributed by atoms with E-state index in [1.807, 2.05) is 13.0 Å². The van der Waals surface area contributed by atoms with Crippen molar-refractivity contribution in [3.8, 4) is 17.2 Å². The van der Waals surface area contributed by atoms with E-state index in [4.69, 9.17) is 23.7 Å². The van der Waals surface area contributed by atoms with Crippen LogP contribution in [0.2, 0.25) is 0 Å². The van der Waals surface area contributed by atoms with Gasteiger partial charge in [0.2, 0.25) is 0 Å². The molecule has 0 aromatic heterocycles. The number of hydrogen-bond donors (Lipinski definition) is 1. The molecule has 44 heavy (non-hydrogen) atoms.